The van der Waals surface area contributed by atoms with Crippen LogP contribution in [0.2, 0.25) is 0 Å². The summed E-state index contributed by atoms with van der Waals surface area (Å²) in [7, 11) is 0. The first-order chi connectivity index (χ1) is 54.2. The largest absolute Gasteiger partial charge is 0.353 e. The maximum atomic E-state index is 6.69. The summed E-state index contributed by atoms with van der Waals surface area (Å²) in [4.78, 5) is 22.6. The Morgan fingerprint density at radius 3 is 0.607 bits per heavy atom. The number of nitrogens with zero attached hydrogens (tertiary/aromatic N) is 2. The quantitative estimate of drug-likeness (QED) is 0.122. The highest BCUT2D eigenvalue weighted by Gasteiger charge is 2.40. The third-order valence-corrected chi connectivity index (χ3v) is 22.5. The van der Waals surface area contributed by atoms with E-state index in [-0.39, 0.29) is 21.7 Å². The van der Waals surface area contributed by atoms with Gasteiger partial charge in [-0.3, -0.25) is 0 Å². The molecule has 12 aromatic carbocycles. The van der Waals surface area contributed by atoms with E-state index in [0.717, 1.165) is 179 Å². The number of hydrogen-bond acceptors (Lipinski definition) is 2. The summed E-state index contributed by atoms with van der Waals surface area (Å²) in [5.41, 5.74) is 33.7. The molecule has 4 nitrogen and oxygen atoms in total. The molecule has 546 valence electrons. The van der Waals surface area contributed by atoms with Crippen molar-refractivity contribution in [3.8, 4) is 44.5 Å². The van der Waals surface area contributed by atoms with E-state index in [0.29, 0.717) is 0 Å². The molecule has 4 heterocycles. The van der Waals surface area contributed by atoms with Crippen LogP contribution >= 0.6 is 0 Å². The molecule has 8 bridgehead atoms. The van der Waals surface area contributed by atoms with Crippen LogP contribution in [0.5, 0.6) is 0 Å². The Bertz CT molecular complexity index is 5840. The highest BCUT2D eigenvalue weighted by Crippen LogP contribution is 2.55. The lowest BCUT2D eigenvalue weighted by Crippen LogP contribution is -2.24. The minimum absolute atomic E-state index is 0.156. The number of benzene rings is 12. The number of nitrogens with one attached hydrogen (secondary N) is 2. The van der Waals surface area contributed by atoms with Crippen LogP contribution in [-0.2, 0) is 21.7 Å². The number of H-pyrrole nitrogens is 2. The summed E-state index contributed by atoms with van der Waals surface area (Å²) < 4.78 is 0. The van der Waals surface area contributed by atoms with Crippen molar-refractivity contribution >= 4 is 56.0 Å². The molecule has 4 heteroatoms. The van der Waals surface area contributed by atoms with Crippen LogP contribution in [0.3, 0.4) is 0 Å². The van der Waals surface area contributed by atoms with Gasteiger partial charge in [0, 0.05) is 66.8 Å². The maximum absolute atomic E-state index is 6.69. The fraction of sp³-hybridized carbons (Fsp3) is 0.148. The maximum Gasteiger partial charge on any atom is 0.0822 e. The van der Waals surface area contributed by atoms with Crippen molar-refractivity contribution < 1.29 is 0 Å². The lowest BCUT2D eigenvalue weighted by molar-refractivity contribution is 0.590. The molecular weight excluding hydrogens is 1350 g/mol. The van der Waals surface area contributed by atoms with Gasteiger partial charge in [-0.25, -0.2) is 9.98 Å². The second-order valence-electron chi connectivity index (χ2n) is 34.1. The van der Waals surface area contributed by atoms with Crippen molar-refractivity contribution in [1.82, 2.24) is 9.97 Å². The average molecular weight is 1450 g/mol. The molecule has 0 saturated carbocycles. The van der Waals surface area contributed by atoms with E-state index in [1.54, 1.807) is 0 Å². The number of fused-ring (bicyclic) bond motifs is 10. The normalized spacial score (nSPS) is 14.2. The number of aliphatic imine (C=N–C) groups is 2. The smallest absolute Gasteiger partial charge is 0.0822 e. The van der Waals surface area contributed by atoms with Gasteiger partial charge in [0.1, 0.15) is 0 Å². The first-order valence-electron chi connectivity index (χ1n) is 39.5. The van der Waals surface area contributed by atoms with Crippen LogP contribution < -0.4 is 10.7 Å². The number of allylic oxidation sites excluding steroid dienone is 4. The standard InChI is InChI=1S/C108H94N4/c1-105(2,3)81-61-53-77(54-62-81)93-97-85(69-37-21-13-22-38-69)87(71-41-25-15-26-42-71)99(109-97)94(78-55-63-82(64-56-78)106(4,5)6)101-89(73-45-29-17-30-46-73)91(75-49-33-19-34-50-75)103(111-101)96(80-59-67-84(68-60-80)108(10,11)12)104-92(76-51-35-20-36-52-76)90(74-47-31-18-32-48-74)102(112-104)95(79-57-65-83(66-58-79)107(7,8)9)100-88(72-43-27-16-28-44-72)86(98(93)110-100)70-39-23-14-24-40-70/h13-68,109,112H,1-12H3. The topological polar surface area (TPSA) is 56.3 Å². The fourth-order valence-corrected chi connectivity index (χ4v) is 16.7. The van der Waals surface area contributed by atoms with Gasteiger partial charge in [-0.2, -0.15) is 0 Å². The van der Waals surface area contributed by atoms with Gasteiger partial charge in [0.2, 0.25) is 0 Å². The zero-order chi connectivity index (χ0) is 77.2. The molecule has 112 heavy (non-hydrogen) atoms. The molecule has 2 aliphatic heterocycles. The Morgan fingerprint density at radius 2 is 0.375 bits per heavy atom. The van der Waals surface area contributed by atoms with Gasteiger partial charge < -0.3 is 9.97 Å². The molecule has 3 aliphatic rings. The molecule has 0 amide bonds. The van der Waals surface area contributed by atoms with Gasteiger partial charge in [-0.05, 0) is 111 Å². The first-order valence-corrected chi connectivity index (χ1v) is 39.5. The lowest BCUT2D eigenvalue weighted by Gasteiger charge is -2.21. The molecular formula is C108H94N4. The van der Waals surface area contributed by atoms with Crippen LogP contribution in [0.15, 0.2) is 361 Å². The van der Waals surface area contributed by atoms with Gasteiger partial charge in [-0.1, -0.05) is 423 Å². The molecule has 2 N–H and O–H groups in total. The molecule has 0 fully saturated rings. The third-order valence-electron chi connectivity index (χ3n) is 22.5. The van der Waals surface area contributed by atoms with E-state index >= 15 is 0 Å². The van der Waals surface area contributed by atoms with Crippen LogP contribution in [0, 0.1) is 0 Å². The Balaban J connectivity index is 1.24. The van der Waals surface area contributed by atoms with E-state index in [1.807, 2.05) is 0 Å². The van der Waals surface area contributed by atoms with Crippen molar-refractivity contribution in [1.29, 1.82) is 0 Å². The lowest BCUT2D eigenvalue weighted by atomic mass is 9.82. The zero-order valence-corrected chi connectivity index (χ0v) is 66.2. The summed E-state index contributed by atoms with van der Waals surface area (Å²) in [6.45, 7) is 27.6. The summed E-state index contributed by atoms with van der Waals surface area (Å²) in [5, 5.41) is 1.83. The van der Waals surface area contributed by atoms with E-state index in [1.165, 1.54) is 22.3 Å². The van der Waals surface area contributed by atoms with Crippen molar-refractivity contribution in [2.24, 2.45) is 9.98 Å². The molecule has 0 radical (unpaired) electrons. The molecule has 0 atom stereocenters. The average Bonchev–Trinajstić information content (AvgIpc) is 1.55. The van der Waals surface area contributed by atoms with Gasteiger partial charge in [-0.15, -0.1) is 0 Å². The second-order valence-corrected chi connectivity index (χ2v) is 34.1. The van der Waals surface area contributed by atoms with E-state index < -0.39 is 0 Å². The minimum atomic E-state index is -0.156. The van der Waals surface area contributed by atoms with Crippen molar-refractivity contribution in [3.63, 3.8) is 0 Å². The van der Waals surface area contributed by atoms with E-state index in [4.69, 9.17) is 9.98 Å². The summed E-state index contributed by atoms with van der Waals surface area (Å²) in [6.07, 6.45) is 0. The van der Waals surface area contributed by atoms with Gasteiger partial charge in [0.25, 0.3) is 0 Å². The Labute approximate surface area is 660 Å². The third kappa shape index (κ3) is 13.4. The van der Waals surface area contributed by atoms with Gasteiger partial charge >= 0.3 is 0 Å². The minimum Gasteiger partial charge on any atom is -0.353 e. The summed E-state index contributed by atoms with van der Waals surface area (Å²) in [5.74, 6) is 0. The van der Waals surface area contributed by atoms with Gasteiger partial charge in [0.15, 0.2) is 0 Å². The Hall–Kier alpha value is -12.8. The highest BCUT2D eigenvalue weighted by atomic mass is 14.9. The highest BCUT2D eigenvalue weighted by molar-refractivity contribution is 6.53. The van der Waals surface area contributed by atoms with Gasteiger partial charge in [0.05, 0.1) is 44.9 Å². The molecule has 0 unspecified atom stereocenters. The van der Waals surface area contributed by atoms with Crippen molar-refractivity contribution in [3.05, 3.63) is 440 Å². The number of aromatic amines is 2. The monoisotopic (exact) mass is 1450 g/mol. The molecule has 0 saturated heterocycles. The summed E-state index contributed by atoms with van der Waals surface area (Å²) in [6, 6.07) is 126. The molecule has 0 spiro atoms. The first kappa shape index (κ1) is 72.1. The Morgan fingerprint density at radius 1 is 0.179 bits per heavy atom. The van der Waals surface area contributed by atoms with Crippen LogP contribution in [0.25, 0.3) is 89.1 Å². The Kier molecular flexibility index (Phi) is 18.6. The van der Waals surface area contributed by atoms with Crippen molar-refractivity contribution in [2.75, 3.05) is 0 Å². The molecule has 17 rings (SSSR count). The molecule has 14 aromatic rings. The van der Waals surface area contributed by atoms with E-state index in [9.17, 15) is 0 Å². The zero-order valence-electron chi connectivity index (χ0n) is 66.2. The molecule has 1 aliphatic carbocycles. The second kappa shape index (κ2) is 28.9. The van der Waals surface area contributed by atoms with Crippen molar-refractivity contribution in [2.45, 2.75) is 105 Å². The van der Waals surface area contributed by atoms with Crippen LogP contribution in [0.1, 0.15) is 161 Å². The summed E-state index contributed by atoms with van der Waals surface area (Å²) >= 11 is 0. The van der Waals surface area contributed by atoms with Crippen LogP contribution in [0.4, 0.5) is 0 Å². The fourth-order valence-electron chi connectivity index (χ4n) is 16.7. The predicted octanol–water partition coefficient (Wildman–Crippen LogP) is 26.0. The SMILES string of the molecule is CC(C)(C)c1ccc(C2=C3N=C(C(c4ccccc4)=C3c3ccccc3)C(c3ccc(C(C)(C)C)cc3)=c3[nH]c(c(-c4ccccc4)c3-c3ccccc3)=C(c3ccc(C(C)(C)C)cc3)C3=NC(=C(c4ccc(C(C)(C)C)cc4)c4[nH]c2c(-c2ccccc2)c4-c2ccccc2)C(c2ccccc2)=C3c2ccccc2)cc1. The predicted molar refractivity (Wildman–Crippen MR) is 474 cm³/mol. The van der Waals surface area contributed by atoms with Crippen LogP contribution in [-0.4, -0.2) is 21.4 Å². The number of rotatable bonds is 12. The number of aromatic nitrogens is 2. The number of hydrogen-bond donors (Lipinski definition) is 2. The van der Waals surface area contributed by atoms with E-state index in [2.05, 4.69) is 433 Å². The molecule has 2 aromatic heterocycles.